The van der Waals surface area contributed by atoms with Crippen LogP contribution in [0.3, 0.4) is 0 Å². The van der Waals surface area contributed by atoms with Gasteiger partial charge in [0.2, 0.25) is 15.9 Å². The van der Waals surface area contributed by atoms with Gasteiger partial charge in [0.1, 0.15) is 0 Å². The number of carbonyl (C=O) groups is 1. The molecule has 1 fully saturated rings. The minimum atomic E-state index is -3.13. The molecule has 1 aliphatic carbocycles. The zero-order valence-electron chi connectivity index (χ0n) is 16.8. The third-order valence-corrected chi connectivity index (χ3v) is 6.88. The maximum Gasteiger partial charge on any atom is 0.230 e. The van der Waals surface area contributed by atoms with Crippen LogP contribution in [0.15, 0.2) is 4.99 Å². The molecule has 152 valence electrons. The highest BCUT2D eigenvalue weighted by Gasteiger charge is 2.42. The van der Waals surface area contributed by atoms with Crippen molar-refractivity contribution < 1.29 is 13.2 Å². The van der Waals surface area contributed by atoms with Crippen molar-refractivity contribution in [3.63, 3.8) is 0 Å². The van der Waals surface area contributed by atoms with E-state index in [1.54, 1.807) is 40.0 Å². The zero-order chi connectivity index (χ0) is 19.8. The minimum absolute atomic E-state index is 0.113. The van der Waals surface area contributed by atoms with Crippen LogP contribution in [-0.2, 0) is 14.8 Å². The molecule has 1 amide bonds. The molecule has 1 rings (SSSR count). The maximum absolute atomic E-state index is 12.6. The first kappa shape index (κ1) is 22.7. The molecule has 0 radical (unpaired) electrons. The van der Waals surface area contributed by atoms with Gasteiger partial charge in [0.25, 0.3) is 0 Å². The Bertz CT molecular complexity index is 583. The highest BCUT2D eigenvalue weighted by molar-refractivity contribution is 7.89. The molecule has 0 aromatic carbocycles. The first-order chi connectivity index (χ1) is 12.2. The van der Waals surface area contributed by atoms with Crippen molar-refractivity contribution in [3.05, 3.63) is 0 Å². The van der Waals surface area contributed by atoms with Gasteiger partial charge in [0, 0.05) is 47.8 Å². The van der Waals surface area contributed by atoms with Crippen LogP contribution < -0.4 is 10.6 Å². The van der Waals surface area contributed by atoms with Gasteiger partial charge in [0.15, 0.2) is 5.96 Å². The van der Waals surface area contributed by atoms with Gasteiger partial charge in [-0.25, -0.2) is 12.7 Å². The van der Waals surface area contributed by atoms with Gasteiger partial charge in [-0.05, 0) is 26.2 Å². The fourth-order valence-corrected chi connectivity index (χ4v) is 4.18. The monoisotopic (exact) mass is 389 g/mol. The molecule has 0 unspecified atom stereocenters. The standard InChI is InChI=1S/C17H35N5O3S/c1-6-26(24,25)22(5)13-9-12-19-16(18-2)20-14-17(10-7-8-11-17)15(23)21(3)4/h6-14H2,1-5H3,(H2,18,19,20). The van der Waals surface area contributed by atoms with Gasteiger partial charge in [-0.15, -0.1) is 0 Å². The molecule has 0 spiro atoms. The SMILES string of the molecule is CCS(=O)(=O)N(C)CCCNC(=NC)NCC1(C(=O)N(C)C)CCCC1. The van der Waals surface area contributed by atoms with Crippen molar-refractivity contribution in [3.8, 4) is 0 Å². The summed E-state index contributed by atoms with van der Waals surface area (Å²) in [4.78, 5) is 18.5. The van der Waals surface area contributed by atoms with E-state index in [-0.39, 0.29) is 17.1 Å². The van der Waals surface area contributed by atoms with Crippen molar-refractivity contribution in [2.45, 2.75) is 39.0 Å². The van der Waals surface area contributed by atoms with Gasteiger partial charge in [-0.1, -0.05) is 12.8 Å². The van der Waals surface area contributed by atoms with Crippen LogP contribution in [0.1, 0.15) is 39.0 Å². The molecule has 0 heterocycles. The average molecular weight is 390 g/mol. The number of rotatable bonds is 9. The smallest absolute Gasteiger partial charge is 0.230 e. The summed E-state index contributed by atoms with van der Waals surface area (Å²) in [5.41, 5.74) is -0.351. The summed E-state index contributed by atoms with van der Waals surface area (Å²) in [6.07, 6.45) is 4.62. The molecule has 9 heteroatoms. The summed E-state index contributed by atoms with van der Waals surface area (Å²) >= 11 is 0. The van der Waals surface area contributed by atoms with Crippen LogP contribution in [0.4, 0.5) is 0 Å². The lowest BCUT2D eigenvalue weighted by Gasteiger charge is -2.31. The molecule has 0 aromatic rings. The summed E-state index contributed by atoms with van der Waals surface area (Å²) in [5.74, 6) is 0.926. The van der Waals surface area contributed by atoms with Gasteiger partial charge < -0.3 is 15.5 Å². The highest BCUT2D eigenvalue weighted by Crippen LogP contribution is 2.38. The molecule has 1 saturated carbocycles. The molecule has 26 heavy (non-hydrogen) atoms. The number of amides is 1. The predicted octanol–water partition coefficient (Wildman–Crippen LogP) is 0.472. The number of nitrogens with one attached hydrogen (secondary N) is 2. The maximum atomic E-state index is 12.6. The molecule has 0 bridgehead atoms. The Kier molecular flexibility index (Phi) is 8.82. The predicted molar refractivity (Wildman–Crippen MR) is 106 cm³/mol. The first-order valence-electron chi connectivity index (χ1n) is 9.29. The molecule has 1 aliphatic rings. The lowest BCUT2D eigenvalue weighted by Crippen LogP contribution is -2.49. The van der Waals surface area contributed by atoms with Gasteiger partial charge in [-0.3, -0.25) is 9.79 Å². The zero-order valence-corrected chi connectivity index (χ0v) is 17.7. The summed E-state index contributed by atoms with van der Waals surface area (Å²) in [5, 5.41) is 6.47. The Labute approximate surface area is 158 Å². The van der Waals surface area contributed by atoms with E-state index in [1.165, 1.54) is 4.31 Å². The Morgan fingerprint density at radius 1 is 1.15 bits per heavy atom. The van der Waals surface area contributed by atoms with Gasteiger partial charge in [0.05, 0.1) is 11.2 Å². The average Bonchev–Trinajstić information content (AvgIpc) is 3.10. The van der Waals surface area contributed by atoms with Gasteiger partial charge in [-0.2, -0.15) is 0 Å². The van der Waals surface area contributed by atoms with Crippen molar-refractivity contribution in [2.24, 2.45) is 10.4 Å². The van der Waals surface area contributed by atoms with Crippen LogP contribution >= 0.6 is 0 Å². The fraction of sp³-hybridized carbons (Fsp3) is 0.882. The molecular weight excluding hydrogens is 354 g/mol. The van der Waals surface area contributed by atoms with E-state index in [9.17, 15) is 13.2 Å². The number of guanidine groups is 1. The number of sulfonamides is 1. The normalized spacial score (nSPS) is 17.4. The number of carbonyl (C=O) groups excluding carboxylic acids is 1. The van der Waals surface area contributed by atoms with E-state index in [0.29, 0.717) is 32.0 Å². The highest BCUT2D eigenvalue weighted by atomic mass is 32.2. The fourth-order valence-electron chi connectivity index (χ4n) is 3.33. The van der Waals surface area contributed by atoms with Crippen molar-refractivity contribution in [1.82, 2.24) is 19.8 Å². The second-order valence-corrected chi connectivity index (χ2v) is 9.48. The Balaban J connectivity index is 2.47. The van der Waals surface area contributed by atoms with Crippen molar-refractivity contribution in [1.29, 1.82) is 0 Å². The van der Waals surface area contributed by atoms with E-state index in [4.69, 9.17) is 0 Å². The molecule has 2 N–H and O–H groups in total. The van der Waals surface area contributed by atoms with E-state index in [2.05, 4.69) is 15.6 Å². The Hall–Kier alpha value is -1.35. The van der Waals surface area contributed by atoms with Crippen LogP contribution in [0, 0.1) is 5.41 Å². The van der Waals surface area contributed by atoms with E-state index in [0.717, 1.165) is 25.7 Å². The number of hydrogen-bond donors (Lipinski definition) is 2. The molecule has 0 aliphatic heterocycles. The van der Waals surface area contributed by atoms with Crippen molar-refractivity contribution >= 4 is 21.9 Å². The Morgan fingerprint density at radius 2 is 1.77 bits per heavy atom. The van der Waals surface area contributed by atoms with Crippen LogP contribution in [0.25, 0.3) is 0 Å². The summed E-state index contributed by atoms with van der Waals surface area (Å²) < 4.78 is 24.8. The van der Waals surface area contributed by atoms with Crippen LogP contribution in [-0.4, -0.2) is 83.1 Å². The molecule has 0 saturated heterocycles. The largest absolute Gasteiger partial charge is 0.356 e. The number of aliphatic imine (C=N–C) groups is 1. The topological polar surface area (TPSA) is 94.1 Å². The van der Waals surface area contributed by atoms with Crippen molar-refractivity contribution in [2.75, 3.05) is 53.6 Å². The molecule has 8 nitrogen and oxygen atoms in total. The first-order valence-corrected chi connectivity index (χ1v) is 10.9. The minimum Gasteiger partial charge on any atom is -0.356 e. The number of nitrogens with zero attached hydrogens (tertiary/aromatic N) is 3. The molecule has 0 atom stereocenters. The third-order valence-electron chi connectivity index (χ3n) is 5.02. The van der Waals surface area contributed by atoms with Crippen LogP contribution in [0.2, 0.25) is 0 Å². The lowest BCUT2D eigenvalue weighted by atomic mass is 9.84. The van der Waals surface area contributed by atoms with Gasteiger partial charge >= 0.3 is 0 Å². The van der Waals surface area contributed by atoms with E-state index >= 15 is 0 Å². The second-order valence-electron chi connectivity index (χ2n) is 7.12. The third kappa shape index (κ3) is 6.12. The van der Waals surface area contributed by atoms with E-state index in [1.807, 2.05) is 0 Å². The van der Waals surface area contributed by atoms with Crippen LogP contribution in [0.5, 0.6) is 0 Å². The number of hydrogen-bond acceptors (Lipinski definition) is 4. The lowest BCUT2D eigenvalue weighted by molar-refractivity contribution is -0.138. The second kappa shape index (κ2) is 10.1. The summed E-state index contributed by atoms with van der Waals surface area (Å²) in [6.45, 7) is 3.28. The molecular formula is C17H35N5O3S. The summed E-state index contributed by atoms with van der Waals surface area (Å²) in [6, 6.07) is 0. The van der Waals surface area contributed by atoms with E-state index < -0.39 is 10.0 Å². The Morgan fingerprint density at radius 3 is 2.27 bits per heavy atom. The quantitative estimate of drug-likeness (QED) is 0.340. The summed E-state index contributed by atoms with van der Waals surface area (Å²) in [7, 11) is 3.76. The molecule has 0 aromatic heterocycles.